The third kappa shape index (κ3) is 2.47. The molecule has 128 valence electrons. The number of nitrogens with zero attached hydrogens (tertiary/aromatic N) is 5. The van der Waals surface area contributed by atoms with Crippen LogP contribution in [0, 0.1) is 11.3 Å². The van der Waals surface area contributed by atoms with Gasteiger partial charge in [0.1, 0.15) is 0 Å². The molecule has 0 saturated carbocycles. The van der Waals surface area contributed by atoms with Gasteiger partial charge in [-0.05, 0) is 30.5 Å². The Morgan fingerprint density at radius 1 is 1.24 bits per heavy atom. The largest absolute Gasteiger partial charge is 0.337 e. The van der Waals surface area contributed by atoms with Crippen LogP contribution in [0.5, 0.6) is 0 Å². The van der Waals surface area contributed by atoms with Crippen LogP contribution in [0.1, 0.15) is 23.7 Å². The molecule has 0 aliphatic carbocycles. The van der Waals surface area contributed by atoms with Crippen molar-refractivity contribution in [2.24, 2.45) is 11.3 Å². The molecule has 0 N–H and O–H groups in total. The van der Waals surface area contributed by atoms with Gasteiger partial charge in [0, 0.05) is 25.8 Å². The minimum atomic E-state index is -0.508. The fourth-order valence-electron chi connectivity index (χ4n) is 3.97. The van der Waals surface area contributed by atoms with Crippen molar-refractivity contribution in [2.75, 3.05) is 24.5 Å². The van der Waals surface area contributed by atoms with Crippen molar-refractivity contribution in [1.29, 1.82) is 0 Å². The van der Waals surface area contributed by atoms with E-state index >= 15 is 0 Å². The van der Waals surface area contributed by atoms with Crippen LogP contribution in [0.3, 0.4) is 0 Å². The number of pyridine rings is 1. The molecule has 2 aliphatic rings. The van der Waals surface area contributed by atoms with Gasteiger partial charge in [-0.25, -0.2) is 0 Å². The molecular weight excluding hydrogens is 318 g/mol. The predicted octanol–water partition coefficient (Wildman–Crippen LogP) is 1.39. The SMILES string of the molecule is C[C@@H]1CN(C(=O)c2ccnnc2)C[C@]12CCN(c1cccnc1)C2=O. The molecule has 25 heavy (non-hydrogen) atoms. The van der Waals surface area contributed by atoms with Crippen molar-refractivity contribution in [1.82, 2.24) is 20.1 Å². The zero-order valence-electron chi connectivity index (χ0n) is 14.0. The van der Waals surface area contributed by atoms with Gasteiger partial charge in [-0.15, -0.1) is 0 Å². The maximum Gasteiger partial charge on any atom is 0.255 e. The van der Waals surface area contributed by atoms with Crippen molar-refractivity contribution >= 4 is 17.5 Å². The summed E-state index contributed by atoms with van der Waals surface area (Å²) in [6, 6.07) is 5.39. The molecule has 1 spiro atoms. The first kappa shape index (κ1) is 15.7. The van der Waals surface area contributed by atoms with E-state index in [9.17, 15) is 9.59 Å². The molecule has 0 unspecified atom stereocenters. The first-order valence-electron chi connectivity index (χ1n) is 8.40. The topological polar surface area (TPSA) is 79.3 Å². The van der Waals surface area contributed by atoms with E-state index in [-0.39, 0.29) is 17.7 Å². The number of aromatic nitrogens is 3. The van der Waals surface area contributed by atoms with Gasteiger partial charge in [0.25, 0.3) is 5.91 Å². The molecule has 2 aliphatic heterocycles. The molecule has 2 aromatic heterocycles. The second-order valence-corrected chi connectivity index (χ2v) is 6.79. The van der Waals surface area contributed by atoms with Crippen LogP contribution in [-0.2, 0) is 4.79 Å². The Hall–Kier alpha value is -2.83. The maximum atomic E-state index is 13.2. The molecule has 2 fully saturated rings. The Bertz CT molecular complexity index is 798. The van der Waals surface area contributed by atoms with E-state index in [1.54, 1.807) is 28.3 Å². The lowest BCUT2D eigenvalue weighted by Gasteiger charge is -2.26. The van der Waals surface area contributed by atoms with Crippen molar-refractivity contribution in [3.63, 3.8) is 0 Å². The molecule has 7 heteroatoms. The Morgan fingerprint density at radius 3 is 2.84 bits per heavy atom. The lowest BCUT2D eigenvalue weighted by molar-refractivity contribution is -0.126. The number of carbonyl (C=O) groups excluding carboxylic acids is 2. The minimum Gasteiger partial charge on any atom is -0.337 e. The van der Waals surface area contributed by atoms with Crippen LogP contribution in [0.25, 0.3) is 0 Å². The zero-order valence-corrected chi connectivity index (χ0v) is 14.0. The average molecular weight is 337 g/mol. The van der Waals surface area contributed by atoms with E-state index < -0.39 is 5.41 Å². The van der Waals surface area contributed by atoms with Crippen LogP contribution in [-0.4, -0.2) is 51.5 Å². The number of likely N-dealkylation sites (tertiary alicyclic amines) is 1. The lowest BCUT2D eigenvalue weighted by Crippen LogP contribution is -2.40. The van der Waals surface area contributed by atoms with Gasteiger partial charge in [-0.3, -0.25) is 14.6 Å². The predicted molar refractivity (Wildman–Crippen MR) is 90.7 cm³/mol. The van der Waals surface area contributed by atoms with Gasteiger partial charge in [0.05, 0.1) is 35.3 Å². The number of hydrogen-bond acceptors (Lipinski definition) is 5. The standard InChI is InChI=1S/C18H19N5O2/c1-13-11-22(16(24)14-4-7-20-21-9-14)12-18(13)5-8-23(17(18)25)15-3-2-6-19-10-15/h2-4,6-7,9-10,13H,5,8,11-12H2,1H3/t13-,18-/m1/s1. The first-order chi connectivity index (χ1) is 12.1. The Labute approximate surface area is 145 Å². The molecule has 2 saturated heterocycles. The van der Waals surface area contributed by atoms with Gasteiger partial charge < -0.3 is 9.80 Å². The van der Waals surface area contributed by atoms with Gasteiger partial charge in [0.2, 0.25) is 5.91 Å². The highest BCUT2D eigenvalue weighted by Crippen LogP contribution is 2.46. The summed E-state index contributed by atoms with van der Waals surface area (Å²) in [5, 5.41) is 7.48. The molecule has 4 heterocycles. The van der Waals surface area contributed by atoms with E-state index in [2.05, 4.69) is 22.1 Å². The summed E-state index contributed by atoms with van der Waals surface area (Å²) in [7, 11) is 0. The normalized spacial score (nSPS) is 25.8. The summed E-state index contributed by atoms with van der Waals surface area (Å²) >= 11 is 0. The molecule has 0 aromatic carbocycles. The molecule has 2 amide bonds. The van der Waals surface area contributed by atoms with E-state index in [1.165, 1.54) is 12.4 Å². The summed E-state index contributed by atoms with van der Waals surface area (Å²) < 4.78 is 0. The molecule has 2 atom stereocenters. The highest BCUT2D eigenvalue weighted by Gasteiger charge is 2.56. The van der Waals surface area contributed by atoms with Crippen molar-refractivity contribution in [3.8, 4) is 0 Å². The number of carbonyl (C=O) groups is 2. The number of rotatable bonds is 2. The number of amides is 2. The molecule has 4 rings (SSSR count). The van der Waals surface area contributed by atoms with E-state index in [4.69, 9.17) is 0 Å². The Kier molecular flexibility index (Phi) is 3.71. The van der Waals surface area contributed by atoms with Crippen molar-refractivity contribution in [2.45, 2.75) is 13.3 Å². The second kappa shape index (κ2) is 5.91. The Balaban J connectivity index is 1.57. The van der Waals surface area contributed by atoms with Crippen molar-refractivity contribution in [3.05, 3.63) is 48.5 Å². The van der Waals surface area contributed by atoms with Crippen LogP contribution in [0.2, 0.25) is 0 Å². The Morgan fingerprint density at radius 2 is 2.12 bits per heavy atom. The highest BCUT2D eigenvalue weighted by atomic mass is 16.2. The lowest BCUT2D eigenvalue weighted by atomic mass is 9.78. The van der Waals surface area contributed by atoms with Crippen LogP contribution in [0.4, 0.5) is 5.69 Å². The molecule has 0 bridgehead atoms. The summed E-state index contributed by atoms with van der Waals surface area (Å²) in [6.45, 7) is 3.75. The molecular formula is C18H19N5O2. The number of anilines is 1. The van der Waals surface area contributed by atoms with Crippen molar-refractivity contribution < 1.29 is 9.59 Å². The summed E-state index contributed by atoms with van der Waals surface area (Å²) in [5.41, 5.74) is 0.819. The quantitative estimate of drug-likeness (QED) is 0.827. The van der Waals surface area contributed by atoms with Gasteiger partial charge in [-0.2, -0.15) is 10.2 Å². The summed E-state index contributed by atoms with van der Waals surface area (Å²) in [6.07, 6.45) is 7.13. The van der Waals surface area contributed by atoms with Crippen LogP contribution >= 0.6 is 0 Å². The summed E-state index contributed by atoms with van der Waals surface area (Å²) in [5.74, 6) is 0.114. The smallest absolute Gasteiger partial charge is 0.255 e. The van der Waals surface area contributed by atoms with Gasteiger partial charge in [-0.1, -0.05) is 6.92 Å². The number of hydrogen-bond donors (Lipinski definition) is 0. The third-order valence-electron chi connectivity index (χ3n) is 5.44. The molecule has 0 radical (unpaired) electrons. The fourth-order valence-corrected chi connectivity index (χ4v) is 3.97. The molecule has 7 nitrogen and oxygen atoms in total. The average Bonchev–Trinajstić information content (AvgIpc) is 3.17. The van der Waals surface area contributed by atoms with Crippen LogP contribution < -0.4 is 4.90 Å². The zero-order chi connectivity index (χ0) is 17.4. The maximum absolute atomic E-state index is 13.2. The van der Waals surface area contributed by atoms with Gasteiger partial charge in [0.15, 0.2) is 0 Å². The highest BCUT2D eigenvalue weighted by molar-refractivity contribution is 6.01. The first-order valence-corrected chi connectivity index (χ1v) is 8.40. The second-order valence-electron chi connectivity index (χ2n) is 6.79. The monoisotopic (exact) mass is 337 g/mol. The summed E-state index contributed by atoms with van der Waals surface area (Å²) in [4.78, 5) is 33.6. The van der Waals surface area contributed by atoms with E-state index in [0.717, 1.165) is 12.1 Å². The van der Waals surface area contributed by atoms with Crippen LogP contribution in [0.15, 0.2) is 43.0 Å². The molecule has 2 aromatic rings. The minimum absolute atomic E-state index is 0.0914. The van der Waals surface area contributed by atoms with Gasteiger partial charge >= 0.3 is 0 Å². The van der Waals surface area contributed by atoms with E-state index in [0.29, 0.717) is 25.2 Å². The third-order valence-corrected chi connectivity index (χ3v) is 5.44. The van der Waals surface area contributed by atoms with E-state index in [1.807, 2.05) is 12.1 Å². The fraction of sp³-hybridized carbons (Fsp3) is 0.389.